The van der Waals surface area contributed by atoms with E-state index < -0.39 is 0 Å². The van der Waals surface area contributed by atoms with Crippen LogP contribution in [-0.4, -0.2) is 55.0 Å². The van der Waals surface area contributed by atoms with E-state index in [0.717, 1.165) is 11.3 Å². The first-order chi connectivity index (χ1) is 12.2. The summed E-state index contributed by atoms with van der Waals surface area (Å²) in [4.78, 5) is 14.1. The third-order valence-corrected chi connectivity index (χ3v) is 4.12. The summed E-state index contributed by atoms with van der Waals surface area (Å²) < 4.78 is 16.4. The molecule has 1 aromatic heterocycles. The highest BCUT2D eigenvalue weighted by atomic mass is 16.5. The molecule has 0 radical (unpaired) electrons. The number of aromatic amines is 1. The first-order valence-electron chi connectivity index (χ1n) is 8.06. The molecular formula is C17H22N4O4. The molecule has 1 saturated heterocycles. The molecule has 0 aliphatic carbocycles. The molecule has 1 aromatic carbocycles. The van der Waals surface area contributed by atoms with E-state index in [1.54, 1.807) is 25.3 Å². The fourth-order valence-corrected chi connectivity index (χ4v) is 2.75. The van der Waals surface area contributed by atoms with Crippen molar-refractivity contribution in [3.8, 4) is 11.5 Å². The summed E-state index contributed by atoms with van der Waals surface area (Å²) in [7, 11) is 3.19. The van der Waals surface area contributed by atoms with Crippen LogP contribution in [0.1, 0.15) is 17.4 Å². The lowest BCUT2D eigenvalue weighted by Gasteiger charge is -2.33. The fourth-order valence-electron chi connectivity index (χ4n) is 2.75. The molecule has 2 aromatic rings. The molecule has 2 amide bonds. The Morgan fingerprint density at radius 3 is 2.92 bits per heavy atom. The Morgan fingerprint density at radius 1 is 1.36 bits per heavy atom. The Morgan fingerprint density at radius 2 is 2.20 bits per heavy atom. The molecule has 3 rings (SSSR count). The van der Waals surface area contributed by atoms with E-state index in [1.807, 2.05) is 24.3 Å². The monoisotopic (exact) mass is 346 g/mol. The summed E-state index contributed by atoms with van der Waals surface area (Å²) in [5, 5.41) is 9.57. The van der Waals surface area contributed by atoms with Crippen LogP contribution in [0, 0.1) is 0 Å². The van der Waals surface area contributed by atoms with E-state index >= 15 is 0 Å². The van der Waals surface area contributed by atoms with Crippen molar-refractivity contribution in [3.63, 3.8) is 0 Å². The first-order valence-corrected chi connectivity index (χ1v) is 8.06. The summed E-state index contributed by atoms with van der Waals surface area (Å²) in [6.07, 6.45) is 1.45. The Kier molecular flexibility index (Phi) is 5.39. The van der Waals surface area contributed by atoms with Crippen molar-refractivity contribution in [3.05, 3.63) is 41.7 Å². The van der Waals surface area contributed by atoms with Crippen molar-refractivity contribution in [1.29, 1.82) is 0 Å². The van der Waals surface area contributed by atoms with E-state index in [4.69, 9.17) is 14.2 Å². The van der Waals surface area contributed by atoms with Gasteiger partial charge in [0.15, 0.2) is 11.5 Å². The number of nitrogens with one attached hydrogen (secondary N) is 2. The average molecular weight is 346 g/mol. The van der Waals surface area contributed by atoms with E-state index in [0.29, 0.717) is 37.7 Å². The van der Waals surface area contributed by atoms with E-state index in [9.17, 15) is 4.79 Å². The number of methoxy groups -OCH3 is 2. The Labute approximate surface area is 146 Å². The van der Waals surface area contributed by atoms with Crippen LogP contribution in [-0.2, 0) is 11.3 Å². The molecule has 2 N–H and O–H groups in total. The van der Waals surface area contributed by atoms with Crippen molar-refractivity contribution in [1.82, 2.24) is 20.4 Å². The number of rotatable bonds is 5. The van der Waals surface area contributed by atoms with Crippen LogP contribution in [0.15, 0.2) is 30.5 Å². The zero-order valence-electron chi connectivity index (χ0n) is 14.3. The molecule has 0 bridgehead atoms. The zero-order valence-corrected chi connectivity index (χ0v) is 14.3. The maximum atomic E-state index is 12.4. The number of morpholine rings is 1. The van der Waals surface area contributed by atoms with Crippen molar-refractivity contribution >= 4 is 6.03 Å². The minimum Gasteiger partial charge on any atom is -0.493 e. The molecule has 1 atom stereocenters. The van der Waals surface area contributed by atoms with Gasteiger partial charge in [0, 0.05) is 12.7 Å². The van der Waals surface area contributed by atoms with Gasteiger partial charge in [0.25, 0.3) is 0 Å². The lowest BCUT2D eigenvalue weighted by molar-refractivity contribution is -0.0155. The highest BCUT2D eigenvalue weighted by molar-refractivity contribution is 5.74. The quantitative estimate of drug-likeness (QED) is 0.860. The topological polar surface area (TPSA) is 88.7 Å². The van der Waals surface area contributed by atoms with Crippen LogP contribution >= 0.6 is 0 Å². The number of carbonyl (C=O) groups excluding carboxylic acids is 1. The average Bonchev–Trinajstić information content (AvgIpc) is 3.19. The number of nitrogens with zero attached hydrogens (tertiary/aromatic N) is 2. The molecule has 0 saturated carbocycles. The number of benzene rings is 1. The van der Waals surface area contributed by atoms with Crippen molar-refractivity contribution in [2.45, 2.75) is 12.6 Å². The van der Waals surface area contributed by atoms with Gasteiger partial charge in [-0.15, -0.1) is 0 Å². The standard InChI is InChI=1S/C17H22N4O4/c1-23-14-4-3-12(9-15(14)24-2)16-11-21(7-8-25-16)17(22)18-10-13-5-6-19-20-13/h3-6,9,16H,7-8,10-11H2,1-2H3,(H,18,22)(H,19,20)/t16-/m0/s1. The van der Waals surface area contributed by atoms with Crippen LogP contribution in [0.5, 0.6) is 11.5 Å². The third kappa shape index (κ3) is 4.03. The van der Waals surface area contributed by atoms with Gasteiger partial charge in [0.1, 0.15) is 6.10 Å². The maximum absolute atomic E-state index is 12.4. The van der Waals surface area contributed by atoms with Crippen molar-refractivity contribution in [2.24, 2.45) is 0 Å². The molecule has 2 heterocycles. The van der Waals surface area contributed by atoms with E-state index in [2.05, 4.69) is 15.5 Å². The highest BCUT2D eigenvalue weighted by Crippen LogP contribution is 2.32. The number of urea groups is 1. The Hall–Kier alpha value is -2.74. The second-order valence-corrected chi connectivity index (χ2v) is 5.66. The molecule has 25 heavy (non-hydrogen) atoms. The minimum atomic E-state index is -0.202. The summed E-state index contributed by atoms with van der Waals surface area (Å²) in [5.74, 6) is 1.31. The minimum absolute atomic E-state index is 0.122. The molecule has 8 heteroatoms. The highest BCUT2D eigenvalue weighted by Gasteiger charge is 2.26. The SMILES string of the molecule is COc1ccc([C@@H]2CN(C(=O)NCc3ccn[nH]3)CCO2)cc1OC. The summed E-state index contributed by atoms with van der Waals surface area (Å²) in [6.45, 7) is 1.93. The second kappa shape index (κ2) is 7.89. The predicted molar refractivity (Wildman–Crippen MR) is 90.6 cm³/mol. The summed E-state index contributed by atoms with van der Waals surface area (Å²) in [6, 6.07) is 7.36. The molecule has 0 spiro atoms. The maximum Gasteiger partial charge on any atom is 0.317 e. The van der Waals surface area contributed by atoms with Gasteiger partial charge >= 0.3 is 6.03 Å². The number of hydrogen-bond acceptors (Lipinski definition) is 5. The van der Waals surface area contributed by atoms with Crippen LogP contribution in [0.25, 0.3) is 0 Å². The number of ether oxygens (including phenoxy) is 3. The van der Waals surface area contributed by atoms with Crippen LogP contribution in [0.3, 0.4) is 0 Å². The number of amides is 2. The lowest BCUT2D eigenvalue weighted by Crippen LogP contribution is -2.47. The molecule has 0 unspecified atom stereocenters. The molecule has 1 aliphatic rings. The number of hydrogen-bond donors (Lipinski definition) is 2. The van der Waals surface area contributed by atoms with Gasteiger partial charge in [-0.05, 0) is 23.8 Å². The molecule has 8 nitrogen and oxygen atoms in total. The zero-order chi connectivity index (χ0) is 17.6. The number of aromatic nitrogens is 2. The Bertz CT molecular complexity index is 705. The second-order valence-electron chi connectivity index (χ2n) is 5.66. The van der Waals surface area contributed by atoms with Gasteiger partial charge < -0.3 is 24.4 Å². The number of H-pyrrole nitrogens is 1. The first kappa shape index (κ1) is 17.1. The van der Waals surface area contributed by atoms with Crippen LogP contribution in [0.4, 0.5) is 4.79 Å². The van der Waals surface area contributed by atoms with Gasteiger partial charge in [-0.1, -0.05) is 6.07 Å². The largest absolute Gasteiger partial charge is 0.493 e. The lowest BCUT2D eigenvalue weighted by atomic mass is 10.1. The van der Waals surface area contributed by atoms with Gasteiger partial charge in [-0.2, -0.15) is 5.10 Å². The van der Waals surface area contributed by atoms with Gasteiger partial charge in [0.05, 0.1) is 39.6 Å². The van der Waals surface area contributed by atoms with Gasteiger partial charge in [-0.3, -0.25) is 5.10 Å². The fraction of sp³-hybridized carbons (Fsp3) is 0.412. The smallest absolute Gasteiger partial charge is 0.317 e. The van der Waals surface area contributed by atoms with Crippen LogP contribution < -0.4 is 14.8 Å². The molecular weight excluding hydrogens is 324 g/mol. The summed E-state index contributed by atoms with van der Waals surface area (Å²) in [5.41, 5.74) is 1.81. The van der Waals surface area contributed by atoms with Gasteiger partial charge in [-0.25, -0.2) is 4.79 Å². The van der Waals surface area contributed by atoms with Crippen LogP contribution in [0.2, 0.25) is 0 Å². The van der Waals surface area contributed by atoms with Gasteiger partial charge in [0.2, 0.25) is 0 Å². The van der Waals surface area contributed by atoms with E-state index in [-0.39, 0.29) is 12.1 Å². The molecule has 1 aliphatic heterocycles. The molecule has 1 fully saturated rings. The predicted octanol–water partition coefficient (Wildman–Crippen LogP) is 1.71. The normalized spacial score (nSPS) is 17.2. The number of carbonyl (C=O) groups is 1. The van der Waals surface area contributed by atoms with E-state index in [1.165, 1.54) is 0 Å². The third-order valence-electron chi connectivity index (χ3n) is 4.12. The van der Waals surface area contributed by atoms with Crippen molar-refractivity contribution < 1.29 is 19.0 Å². The Balaban J connectivity index is 1.63. The molecule has 134 valence electrons. The van der Waals surface area contributed by atoms with Crippen molar-refractivity contribution in [2.75, 3.05) is 33.9 Å². The summed E-state index contributed by atoms with van der Waals surface area (Å²) >= 11 is 0.